The van der Waals surface area contributed by atoms with E-state index in [0.29, 0.717) is 25.7 Å². The molecule has 0 radical (unpaired) electrons. The molecule has 1 saturated carbocycles. The minimum absolute atomic E-state index is 0.0487. The monoisotopic (exact) mass is 488 g/mol. The van der Waals surface area contributed by atoms with E-state index in [1.165, 1.54) is 16.4 Å². The lowest BCUT2D eigenvalue weighted by Crippen LogP contribution is -2.54. The molecule has 1 aromatic rings. The normalized spacial score (nSPS) is 27.3. The molecule has 0 bridgehead atoms. The van der Waals surface area contributed by atoms with Crippen molar-refractivity contribution in [3.8, 4) is 0 Å². The van der Waals surface area contributed by atoms with Crippen LogP contribution < -0.4 is 10.6 Å². The fraction of sp³-hybridized carbons (Fsp3) is 0.526. The van der Waals surface area contributed by atoms with Gasteiger partial charge in [-0.1, -0.05) is 29.3 Å². The maximum absolute atomic E-state index is 13.0. The van der Waals surface area contributed by atoms with Gasteiger partial charge >= 0.3 is 6.03 Å². The number of hydrogen-bond acceptors (Lipinski definition) is 5. The van der Waals surface area contributed by atoms with Crippen molar-refractivity contribution >= 4 is 51.1 Å². The van der Waals surface area contributed by atoms with Gasteiger partial charge in [0.05, 0.1) is 10.0 Å². The van der Waals surface area contributed by atoms with Gasteiger partial charge in [-0.3, -0.25) is 14.9 Å². The minimum atomic E-state index is -3.88. The zero-order chi connectivity index (χ0) is 22.4. The Bertz CT molecular complexity index is 1010. The average Bonchev–Trinajstić information content (AvgIpc) is 3.00. The number of hydrogen-bond donors (Lipinski definition) is 2. The van der Waals surface area contributed by atoms with Gasteiger partial charge in [-0.2, -0.15) is 4.31 Å². The molecule has 3 aliphatic rings. The van der Waals surface area contributed by atoms with Crippen molar-refractivity contribution in [1.29, 1.82) is 0 Å². The highest BCUT2D eigenvalue weighted by atomic mass is 35.5. The number of amides is 4. The molecule has 0 unspecified atom stereocenters. The first kappa shape index (κ1) is 22.3. The molecular formula is C19H22Cl2N4O5S. The van der Waals surface area contributed by atoms with Gasteiger partial charge in [0.1, 0.15) is 10.4 Å². The number of imide groups is 1. The number of rotatable bonds is 3. The van der Waals surface area contributed by atoms with E-state index in [1.807, 2.05) is 0 Å². The Morgan fingerprint density at radius 1 is 1.03 bits per heavy atom. The number of halogens is 2. The number of carbonyl (C=O) groups excluding carboxylic acids is 3. The summed E-state index contributed by atoms with van der Waals surface area (Å²) in [4.78, 5) is 38.0. The lowest BCUT2D eigenvalue weighted by Gasteiger charge is -2.39. The van der Waals surface area contributed by atoms with Crippen LogP contribution in [0.15, 0.2) is 23.1 Å². The Labute approximate surface area is 190 Å². The van der Waals surface area contributed by atoms with Gasteiger partial charge in [0.2, 0.25) is 15.9 Å². The van der Waals surface area contributed by atoms with Gasteiger partial charge in [0.15, 0.2) is 0 Å². The summed E-state index contributed by atoms with van der Waals surface area (Å²) in [5.74, 6) is -0.634. The molecule has 1 aliphatic carbocycles. The van der Waals surface area contributed by atoms with Gasteiger partial charge in [-0.15, -0.1) is 0 Å². The first-order valence-corrected chi connectivity index (χ1v) is 12.2. The van der Waals surface area contributed by atoms with E-state index in [-0.39, 0.29) is 58.9 Å². The molecule has 4 rings (SSSR count). The highest BCUT2D eigenvalue weighted by Crippen LogP contribution is 2.36. The maximum Gasteiger partial charge on any atom is 0.322 e. The van der Waals surface area contributed by atoms with Crippen LogP contribution in [-0.4, -0.2) is 67.2 Å². The van der Waals surface area contributed by atoms with Crippen LogP contribution in [0.5, 0.6) is 0 Å². The highest BCUT2D eigenvalue weighted by Gasteiger charge is 2.49. The summed E-state index contributed by atoms with van der Waals surface area (Å²) in [5, 5.41) is 5.07. The average molecular weight is 489 g/mol. The van der Waals surface area contributed by atoms with Gasteiger partial charge in [-0.25, -0.2) is 13.2 Å². The van der Waals surface area contributed by atoms with Crippen molar-refractivity contribution in [3.05, 3.63) is 28.2 Å². The Morgan fingerprint density at radius 3 is 2.13 bits per heavy atom. The second-order valence-corrected chi connectivity index (χ2v) is 10.7. The molecule has 9 nitrogen and oxygen atoms in total. The SMILES string of the molecule is O=C1NC(=O)C2(CCC(C(=O)N3CCN(S(=O)(=O)c4c(Cl)cccc4Cl)CC3)CC2)N1. The van der Waals surface area contributed by atoms with Crippen molar-refractivity contribution in [3.63, 3.8) is 0 Å². The number of carbonyl (C=O) groups is 3. The van der Waals surface area contributed by atoms with Crippen LogP contribution in [0.25, 0.3) is 0 Å². The number of benzene rings is 1. The number of nitrogens with one attached hydrogen (secondary N) is 2. The van der Waals surface area contributed by atoms with Crippen LogP contribution in [0.2, 0.25) is 10.0 Å². The molecule has 31 heavy (non-hydrogen) atoms. The third kappa shape index (κ3) is 4.02. The first-order chi connectivity index (χ1) is 14.6. The van der Waals surface area contributed by atoms with Crippen molar-refractivity contribution in [2.45, 2.75) is 36.1 Å². The molecular weight excluding hydrogens is 467 g/mol. The molecule has 12 heteroatoms. The molecule has 2 aliphatic heterocycles. The second kappa shape index (κ2) is 8.23. The summed E-state index contributed by atoms with van der Waals surface area (Å²) < 4.78 is 27.3. The highest BCUT2D eigenvalue weighted by molar-refractivity contribution is 7.89. The molecule has 2 saturated heterocycles. The quantitative estimate of drug-likeness (QED) is 0.626. The predicted molar refractivity (Wildman–Crippen MR) is 113 cm³/mol. The van der Waals surface area contributed by atoms with E-state index in [2.05, 4.69) is 10.6 Å². The molecule has 2 N–H and O–H groups in total. The zero-order valence-electron chi connectivity index (χ0n) is 16.6. The zero-order valence-corrected chi connectivity index (χ0v) is 18.9. The summed E-state index contributed by atoms with van der Waals surface area (Å²) in [6.07, 6.45) is 1.78. The summed E-state index contributed by atoms with van der Waals surface area (Å²) in [6, 6.07) is 4.03. The number of urea groups is 1. The van der Waals surface area contributed by atoms with Crippen molar-refractivity contribution in [2.75, 3.05) is 26.2 Å². The number of nitrogens with zero attached hydrogens (tertiary/aromatic N) is 2. The predicted octanol–water partition coefficient (Wildman–Crippen LogP) is 1.59. The smallest absolute Gasteiger partial charge is 0.322 e. The first-order valence-electron chi connectivity index (χ1n) is 10.0. The fourth-order valence-electron chi connectivity index (χ4n) is 4.50. The molecule has 0 atom stereocenters. The van der Waals surface area contributed by atoms with Crippen LogP contribution in [-0.2, 0) is 19.6 Å². The van der Waals surface area contributed by atoms with Crippen molar-refractivity contribution in [2.24, 2.45) is 5.92 Å². The minimum Gasteiger partial charge on any atom is -0.340 e. The summed E-state index contributed by atoms with van der Waals surface area (Å²) >= 11 is 12.2. The van der Waals surface area contributed by atoms with Crippen molar-refractivity contribution < 1.29 is 22.8 Å². The van der Waals surface area contributed by atoms with E-state index < -0.39 is 21.6 Å². The third-order valence-corrected chi connectivity index (χ3v) is 9.12. The second-order valence-electron chi connectivity index (χ2n) is 8.04. The van der Waals surface area contributed by atoms with Gasteiger partial charge in [-0.05, 0) is 37.8 Å². The molecule has 168 valence electrons. The standard InChI is InChI=1S/C19H22Cl2N4O5S/c20-13-2-1-3-14(21)15(13)31(29,30)25-10-8-24(9-11-25)16(26)12-4-6-19(7-5-12)17(27)22-18(28)23-19/h1-3,12H,4-11H2,(H2,22,23,27,28). The Kier molecular flexibility index (Phi) is 5.93. The van der Waals surface area contributed by atoms with Gasteiger partial charge in [0, 0.05) is 32.1 Å². The number of piperazine rings is 1. The van der Waals surface area contributed by atoms with Crippen LogP contribution in [0.1, 0.15) is 25.7 Å². The lowest BCUT2D eigenvalue weighted by molar-refractivity contribution is -0.139. The molecule has 1 aromatic carbocycles. The molecule has 4 amide bonds. The maximum atomic E-state index is 13.0. The van der Waals surface area contributed by atoms with E-state index in [0.717, 1.165) is 0 Å². The summed E-state index contributed by atoms with van der Waals surface area (Å²) in [6.45, 7) is 0.813. The van der Waals surface area contributed by atoms with Crippen LogP contribution in [0.4, 0.5) is 4.79 Å². The Morgan fingerprint density at radius 2 is 1.61 bits per heavy atom. The van der Waals surface area contributed by atoms with E-state index >= 15 is 0 Å². The van der Waals surface area contributed by atoms with Gasteiger partial charge < -0.3 is 10.2 Å². The van der Waals surface area contributed by atoms with Crippen LogP contribution >= 0.6 is 23.2 Å². The summed E-state index contributed by atoms with van der Waals surface area (Å²) in [7, 11) is -3.88. The molecule has 2 heterocycles. The number of sulfonamides is 1. The topological polar surface area (TPSA) is 116 Å². The largest absolute Gasteiger partial charge is 0.340 e. The van der Waals surface area contributed by atoms with Crippen molar-refractivity contribution in [1.82, 2.24) is 19.8 Å². The lowest BCUT2D eigenvalue weighted by atomic mass is 9.76. The molecule has 3 fully saturated rings. The van der Waals surface area contributed by atoms with Crippen LogP contribution in [0.3, 0.4) is 0 Å². The van der Waals surface area contributed by atoms with Gasteiger partial charge in [0.25, 0.3) is 5.91 Å². The van der Waals surface area contributed by atoms with E-state index in [9.17, 15) is 22.8 Å². The summed E-state index contributed by atoms with van der Waals surface area (Å²) in [5.41, 5.74) is -0.908. The van der Waals surface area contributed by atoms with E-state index in [1.54, 1.807) is 11.0 Å². The molecule has 0 aromatic heterocycles. The van der Waals surface area contributed by atoms with E-state index in [4.69, 9.17) is 23.2 Å². The molecule has 1 spiro atoms. The Balaban J connectivity index is 1.37. The fourth-order valence-corrected chi connectivity index (χ4v) is 7.02. The Hall–Kier alpha value is -1.88. The van der Waals surface area contributed by atoms with Crippen LogP contribution in [0, 0.1) is 5.92 Å². The third-order valence-electron chi connectivity index (χ3n) is 6.27.